The molecule has 1 N–H and O–H groups in total. The Morgan fingerprint density at radius 1 is 1.22 bits per heavy atom. The van der Waals surface area contributed by atoms with Gasteiger partial charge in [-0.15, -0.1) is 11.3 Å². The number of aryl methyl sites for hydroxylation is 2. The van der Waals surface area contributed by atoms with E-state index in [1.807, 2.05) is 11.3 Å². The molecule has 1 aromatic heterocycles. The topological polar surface area (TPSA) is 12.0 Å². The summed E-state index contributed by atoms with van der Waals surface area (Å²) in [5, 5.41) is 3.56. The summed E-state index contributed by atoms with van der Waals surface area (Å²) in [5.74, 6) is 0. The highest BCUT2D eigenvalue weighted by Crippen LogP contribution is 2.33. The van der Waals surface area contributed by atoms with Crippen LogP contribution in [0.2, 0.25) is 0 Å². The minimum Gasteiger partial charge on any atom is -0.306 e. The molecule has 1 aromatic carbocycles. The fourth-order valence-corrected chi connectivity index (χ4v) is 3.63. The van der Waals surface area contributed by atoms with E-state index in [2.05, 4.69) is 72.3 Å². The molecule has 0 spiro atoms. The molecule has 2 rings (SSSR count). The first kappa shape index (κ1) is 13.8. The van der Waals surface area contributed by atoms with Gasteiger partial charge in [-0.25, -0.2) is 0 Å². The van der Waals surface area contributed by atoms with Crippen LogP contribution in [0.25, 0.3) is 0 Å². The van der Waals surface area contributed by atoms with Crippen molar-refractivity contribution in [1.29, 1.82) is 0 Å². The minimum atomic E-state index is 0.297. The third kappa shape index (κ3) is 3.02. The number of rotatable bonds is 4. The summed E-state index contributed by atoms with van der Waals surface area (Å²) in [6.45, 7) is 7.39. The molecule has 0 saturated carbocycles. The molecule has 0 bridgehead atoms. The predicted molar refractivity (Wildman–Crippen MR) is 83.5 cm³/mol. The molecule has 2 aromatic rings. The Bertz CT molecular complexity index is 496. The van der Waals surface area contributed by atoms with Crippen molar-refractivity contribution >= 4 is 27.3 Å². The van der Waals surface area contributed by atoms with Gasteiger partial charge in [-0.2, -0.15) is 0 Å². The van der Waals surface area contributed by atoms with Crippen molar-refractivity contribution in [2.75, 3.05) is 6.54 Å². The first-order valence-corrected chi connectivity index (χ1v) is 7.78. The van der Waals surface area contributed by atoms with Gasteiger partial charge in [0.1, 0.15) is 0 Å². The Morgan fingerprint density at radius 2 is 1.89 bits per heavy atom. The average Bonchev–Trinajstić information content (AvgIpc) is 2.68. The normalized spacial score (nSPS) is 12.7. The molecule has 0 radical (unpaired) electrons. The number of halogens is 1. The van der Waals surface area contributed by atoms with Gasteiger partial charge in [0.05, 0.1) is 6.04 Å². The van der Waals surface area contributed by atoms with Crippen LogP contribution in [0.5, 0.6) is 0 Å². The van der Waals surface area contributed by atoms with E-state index in [-0.39, 0.29) is 0 Å². The van der Waals surface area contributed by atoms with E-state index < -0.39 is 0 Å². The summed E-state index contributed by atoms with van der Waals surface area (Å²) >= 11 is 5.45. The molecule has 3 heteroatoms. The zero-order chi connectivity index (χ0) is 13.1. The lowest BCUT2D eigenvalue weighted by atomic mass is 10.0. The molecule has 0 aliphatic rings. The lowest BCUT2D eigenvalue weighted by Crippen LogP contribution is -2.21. The number of thiophene rings is 1. The maximum Gasteiger partial charge on any atom is 0.0671 e. The molecule has 0 amide bonds. The van der Waals surface area contributed by atoms with Crippen molar-refractivity contribution in [3.63, 3.8) is 0 Å². The summed E-state index contributed by atoms with van der Waals surface area (Å²) in [4.78, 5) is 2.70. The van der Waals surface area contributed by atoms with Crippen LogP contribution < -0.4 is 5.32 Å². The van der Waals surface area contributed by atoms with Crippen LogP contribution in [0.4, 0.5) is 0 Å². The van der Waals surface area contributed by atoms with Crippen LogP contribution in [-0.4, -0.2) is 6.54 Å². The molecule has 0 aliphatic heterocycles. The van der Waals surface area contributed by atoms with E-state index in [1.54, 1.807) is 0 Å². The smallest absolute Gasteiger partial charge is 0.0671 e. The second-order valence-corrected chi connectivity index (χ2v) is 6.60. The standard InChI is InChI=1S/C15H18BrNS/c1-4-17-15(12-7-5-10(2)6-8-12)14-9-13(16)11(3)18-14/h5-9,15,17H,4H2,1-3H3. The Labute approximate surface area is 121 Å². The summed E-state index contributed by atoms with van der Waals surface area (Å²) in [7, 11) is 0. The predicted octanol–water partition coefficient (Wildman–Crippen LogP) is 4.83. The van der Waals surface area contributed by atoms with Gasteiger partial charge in [0, 0.05) is 14.2 Å². The average molecular weight is 324 g/mol. The second-order valence-electron chi connectivity index (χ2n) is 4.45. The molecule has 18 heavy (non-hydrogen) atoms. The fraction of sp³-hybridized carbons (Fsp3) is 0.333. The zero-order valence-electron chi connectivity index (χ0n) is 11.0. The maximum absolute atomic E-state index is 3.60. The highest BCUT2D eigenvalue weighted by Gasteiger charge is 2.16. The quantitative estimate of drug-likeness (QED) is 0.850. The van der Waals surface area contributed by atoms with Gasteiger partial charge < -0.3 is 5.32 Å². The molecule has 1 heterocycles. The molecule has 1 atom stereocenters. The van der Waals surface area contributed by atoms with E-state index in [1.165, 1.54) is 25.4 Å². The minimum absolute atomic E-state index is 0.297. The van der Waals surface area contributed by atoms with Crippen LogP contribution in [0, 0.1) is 13.8 Å². The third-order valence-corrected chi connectivity index (χ3v) is 5.18. The summed E-state index contributed by atoms with van der Waals surface area (Å²) < 4.78 is 1.21. The Hall–Kier alpha value is -0.640. The third-order valence-electron chi connectivity index (χ3n) is 2.98. The first-order chi connectivity index (χ1) is 8.61. The monoisotopic (exact) mass is 323 g/mol. The number of nitrogens with one attached hydrogen (secondary N) is 1. The van der Waals surface area contributed by atoms with Crippen molar-refractivity contribution in [2.45, 2.75) is 26.8 Å². The van der Waals surface area contributed by atoms with E-state index in [9.17, 15) is 0 Å². The van der Waals surface area contributed by atoms with Crippen molar-refractivity contribution < 1.29 is 0 Å². The SMILES string of the molecule is CCNC(c1ccc(C)cc1)c1cc(Br)c(C)s1. The molecule has 1 unspecified atom stereocenters. The van der Waals surface area contributed by atoms with Gasteiger partial charge in [0.25, 0.3) is 0 Å². The first-order valence-electron chi connectivity index (χ1n) is 6.17. The summed E-state index contributed by atoms with van der Waals surface area (Å²) in [5.41, 5.74) is 2.63. The van der Waals surface area contributed by atoms with Gasteiger partial charge in [0.2, 0.25) is 0 Å². The van der Waals surface area contributed by atoms with Gasteiger partial charge >= 0.3 is 0 Å². The largest absolute Gasteiger partial charge is 0.306 e. The molecule has 0 saturated heterocycles. The van der Waals surface area contributed by atoms with Gasteiger partial charge in [-0.05, 0) is 48.0 Å². The highest BCUT2D eigenvalue weighted by atomic mass is 79.9. The molecular weight excluding hydrogens is 306 g/mol. The molecule has 0 fully saturated rings. The lowest BCUT2D eigenvalue weighted by molar-refractivity contribution is 0.639. The maximum atomic E-state index is 3.60. The Kier molecular flexibility index (Phi) is 4.60. The molecule has 96 valence electrons. The molecular formula is C15H18BrNS. The van der Waals surface area contributed by atoms with Crippen LogP contribution in [0.1, 0.15) is 33.8 Å². The Balaban J connectivity index is 2.36. The van der Waals surface area contributed by atoms with E-state index in [0.717, 1.165) is 6.54 Å². The van der Waals surface area contributed by atoms with E-state index in [4.69, 9.17) is 0 Å². The van der Waals surface area contributed by atoms with Crippen LogP contribution in [0.3, 0.4) is 0 Å². The van der Waals surface area contributed by atoms with Gasteiger partial charge in [-0.1, -0.05) is 36.8 Å². The summed E-state index contributed by atoms with van der Waals surface area (Å²) in [6.07, 6.45) is 0. The van der Waals surface area contributed by atoms with E-state index in [0.29, 0.717) is 6.04 Å². The molecule has 1 nitrogen and oxygen atoms in total. The van der Waals surface area contributed by atoms with Crippen molar-refractivity contribution in [1.82, 2.24) is 5.32 Å². The van der Waals surface area contributed by atoms with Crippen LogP contribution >= 0.6 is 27.3 Å². The Morgan fingerprint density at radius 3 is 2.39 bits per heavy atom. The number of benzene rings is 1. The van der Waals surface area contributed by atoms with Crippen LogP contribution in [0.15, 0.2) is 34.8 Å². The fourth-order valence-electron chi connectivity index (χ4n) is 1.97. The second kappa shape index (κ2) is 6.00. The number of hydrogen-bond donors (Lipinski definition) is 1. The summed E-state index contributed by atoms with van der Waals surface area (Å²) in [6, 6.07) is 11.3. The van der Waals surface area contributed by atoms with E-state index >= 15 is 0 Å². The zero-order valence-corrected chi connectivity index (χ0v) is 13.4. The lowest BCUT2D eigenvalue weighted by Gasteiger charge is -2.17. The number of hydrogen-bond acceptors (Lipinski definition) is 2. The van der Waals surface area contributed by atoms with Gasteiger partial charge in [-0.3, -0.25) is 0 Å². The highest BCUT2D eigenvalue weighted by molar-refractivity contribution is 9.10. The van der Waals surface area contributed by atoms with Crippen LogP contribution in [-0.2, 0) is 0 Å². The van der Waals surface area contributed by atoms with Crippen molar-refractivity contribution in [2.24, 2.45) is 0 Å². The van der Waals surface area contributed by atoms with Crippen molar-refractivity contribution in [3.05, 3.63) is 55.7 Å². The van der Waals surface area contributed by atoms with Crippen molar-refractivity contribution in [3.8, 4) is 0 Å². The molecule has 0 aliphatic carbocycles. The van der Waals surface area contributed by atoms with Gasteiger partial charge in [0.15, 0.2) is 0 Å².